The van der Waals surface area contributed by atoms with Crippen molar-refractivity contribution >= 4 is 23.1 Å². The minimum absolute atomic E-state index is 0. The molecule has 0 heterocycles. The van der Waals surface area contributed by atoms with Crippen LogP contribution in [-0.2, 0) is 9.47 Å². The minimum atomic E-state index is -0.0982. The zero-order chi connectivity index (χ0) is 9.23. The Balaban J connectivity index is -0.000000605. The van der Waals surface area contributed by atoms with E-state index in [1.807, 2.05) is 13.8 Å². The van der Waals surface area contributed by atoms with Gasteiger partial charge in [0.15, 0.2) is 6.29 Å². The summed E-state index contributed by atoms with van der Waals surface area (Å²) in [7, 11) is 0. The van der Waals surface area contributed by atoms with Gasteiger partial charge in [-0.25, -0.2) is 0 Å². The molecule has 0 N–H and O–H groups in total. The van der Waals surface area contributed by atoms with Gasteiger partial charge in [-0.15, -0.1) is 0 Å². The van der Waals surface area contributed by atoms with E-state index in [1.165, 1.54) is 0 Å². The normalized spacial score (nSPS) is 10.6. The summed E-state index contributed by atoms with van der Waals surface area (Å²) in [5.74, 6) is 2.34. The summed E-state index contributed by atoms with van der Waals surface area (Å²) in [6.07, 6.45) is 9.25. The molecule has 0 aromatic heterocycles. The van der Waals surface area contributed by atoms with Gasteiger partial charge in [0, 0.05) is 13.2 Å². The predicted molar refractivity (Wildman–Crippen MR) is 53.8 cm³/mol. The molecule has 0 aliphatic rings. The van der Waals surface area contributed by atoms with Gasteiger partial charge < -0.3 is 34.2 Å². The van der Waals surface area contributed by atoms with Crippen molar-refractivity contribution in [3.63, 3.8) is 0 Å². The molecule has 0 rings (SSSR count). The Hall–Kier alpha value is 0.536. The van der Waals surface area contributed by atoms with Crippen molar-refractivity contribution in [3.8, 4) is 5.92 Å². The molecule has 14 heavy (non-hydrogen) atoms. The van der Waals surface area contributed by atoms with Crippen LogP contribution in [0, 0.1) is 12.3 Å². The predicted octanol–water partition coefficient (Wildman–Crippen LogP) is -1.23. The van der Waals surface area contributed by atoms with Crippen molar-refractivity contribution in [1.82, 2.24) is 0 Å². The average molecular weight is 229 g/mol. The molecular weight excluding hydrogens is 212 g/mol. The summed E-state index contributed by atoms with van der Waals surface area (Å²) in [6, 6.07) is 0. The Bertz CT molecular complexity index is 137. The molecule has 0 aromatic carbocycles. The van der Waals surface area contributed by atoms with Gasteiger partial charge in [0.05, 0.1) is 0 Å². The summed E-state index contributed by atoms with van der Waals surface area (Å²) in [5.41, 5.74) is 0. The van der Waals surface area contributed by atoms with Crippen LogP contribution < -0.4 is 12.4 Å². The molecule has 0 saturated carbocycles. The SMILES string of the molecule is [C-]#CCCCCOC(C)OCC.[Cl-].[Mg+2]. The zero-order valence-electron chi connectivity index (χ0n) is 9.01. The Morgan fingerprint density at radius 1 is 1.29 bits per heavy atom. The quantitative estimate of drug-likeness (QED) is 0.179. The van der Waals surface area contributed by atoms with Crippen LogP contribution in [0.1, 0.15) is 33.1 Å². The molecule has 0 spiro atoms. The van der Waals surface area contributed by atoms with Crippen LogP contribution in [0.4, 0.5) is 0 Å². The second kappa shape index (κ2) is 16.0. The van der Waals surface area contributed by atoms with Crippen molar-refractivity contribution in [2.75, 3.05) is 13.2 Å². The molecule has 0 aromatic rings. The maximum absolute atomic E-state index is 6.67. The van der Waals surface area contributed by atoms with E-state index in [4.69, 9.17) is 15.9 Å². The van der Waals surface area contributed by atoms with Crippen LogP contribution >= 0.6 is 0 Å². The summed E-state index contributed by atoms with van der Waals surface area (Å²) >= 11 is 0. The maximum atomic E-state index is 6.67. The van der Waals surface area contributed by atoms with Gasteiger partial charge in [-0.05, 0) is 33.1 Å². The zero-order valence-corrected chi connectivity index (χ0v) is 11.2. The Morgan fingerprint density at radius 2 is 1.93 bits per heavy atom. The third kappa shape index (κ3) is 15.0. The number of ether oxygens (including phenoxy) is 2. The van der Waals surface area contributed by atoms with E-state index in [-0.39, 0.29) is 41.7 Å². The van der Waals surface area contributed by atoms with Crippen LogP contribution in [-0.4, -0.2) is 42.6 Å². The van der Waals surface area contributed by atoms with E-state index in [1.54, 1.807) is 0 Å². The first-order valence-electron chi connectivity index (χ1n) is 4.44. The minimum Gasteiger partial charge on any atom is -1.00 e. The number of halogens is 1. The van der Waals surface area contributed by atoms with Gasteiger partial charge in [0.1, 0.15) is 0 Å². The molecule has 0 aliphatic heterocycles. The smallest absolute Gasteiger partial charge is 1.00 e. The number of unbranched alkanes of at least 4 members (excludes halogenated alkanes) is 2. The molecule has 1 unspecified atom stereocenters. The molecular formula is C10H17ClMgO2. The Morgan fingerprint density at radius 3 is 2.43 bits per heavy atom. The molecule has 2 nitrogen and oxygen atoms in total. The molecule has 0 amide bonds. The standard InChI is InChI=1S/C10H17O2.ClH.Mg/c1-4-6-7-8-9-12-10(3)11-5-2;;/h10H,5-9H2,2-3H3;1H;/q-1;;+2/p-1. The monoisotopic (exact) mass is 228 g/mol. The van der Waals surface area contributed by atoms with Crippen molar-refractivity contribution in [1.29, 1.82) is 0 Å². The second-order valence-electron chi connectivity index (χ2n) is 2.53. The maximum Gasteiger partial charge on any atom is 2.00 e. The average Bonchev–Trinajstić information content (AvgIpc) is 2.05. The molecule has 0 aliphatic carbocycles. The van der Waals surface area contributed by atoms with Gasteiger partial charge in [-0.1, -0.05) is 0 Å². The fourth-order valence-corrected chi connectivity index (χ4v) is 0.848. The van der Waals surface area contributed by atoms with Crippen molar-refractivity contribution in [2.24, 2.45) is 0 Å². The third-order valence-corrected chi connectivity index (χ3v) is 1.45. The topological polar surface area (TPSA) is 18.5 Å². The first-order valence-corrected chi connectivity index (χ1v) is 4.44. The fraction of sp³-hybridized carbons (Fsp3) is 0.800. The Kier molecular flexibility index (Phi) is 22.9. The molecule has 78 valence electrons. The Labute approximate surface area is 110 Å². The number of rotatable bonds is 7. The molecule has 1 atom stereocenters. The van der Waals surface area contributed by atoms with Gasteiger partial charge >= 0.3 is 23.1 Å². The summed E-state index contributed by atoms with van der Waals surface area (Å²) in [4.78, 5) is 0. The van der Waals surface area contributed by atoms with Gasteiger partial charge in [-0.3, -0.25) is 0 Å². The van der Waals surface area contributed by atoms with E-state index in [0.717, 1.165) is 19.3 Å². The van der Waals surface area contributed by atoms with Crippen LogP contribution in [0.2, 0.25) is 0 Å². The first kappa shape index (κ1) is 20.0. The third-order valence-electron chi connectivity index (χ3n) is 1.45. The van der Waals surface area contributed by atoms with Crippen molar-refractivity contribution in [3.05, 3.63) is 6.42 Å². The first-order chi connectivity index (χ1) is 5.81. The number of hydrogen-bond acceptors (Lipinski definition) is 2. The van der Waals surface area contributed by atoms with Gasteiger partial charge in [-0.2, -0.15) is 0 Å². The summed E-state index contributed by atoms with van der Waals surface area (Å²) in [6.45, 7) is 5.24. The van der Waals surface area contributed by atoms with E-state index in [2.05, 4.69) is 5.92 Å². The van der Waals surface area contributed by atoms with Crippen molar-refractivity contribution in [2.45, 2.75) is 39.4 Å². The van der Waals surface area contributed by atoms with Crippen LogP contribution in [0.15, 0.2) is 0 Å². The summed E-state index contributed by atoms with van der Waals surface area (Å²) < 4.78 is 10.5. The molecule has 0 saturated heterocycles. The fourth-order valence-electron chi connectivity index (χ4n) is 0.848. The van der Waals surface area contributed by atoms with Gasteiger partial charge in [0.25, 0.3) is 0 Å². The van der Waals surface area contributed by atoms with E-state index < -0.39 is 0 Å². The van der Waals surface area contributed by atoms with E-state index in [0.29, 0.717) is 13.2 Å². The largest absolute Gasteiger partial charge is 2.00 e. The van der Waals surface area contributed by atoms with Crippen molar-refractivity contribution < 1.29 is 21.9 Å². The van der Waals surface area contributed by atoms with Crippen LogP contribution in [0.25, 0.3) is 0 Å². The molecule has 0 fully saturated rings. The van der Waals surface area contributed by atoms with E-state index in [9.17, 15) is 0 Å². The second-order valence-corrected chi connectivity index (χ2v) is 2.53. The molecule has 4 heteroatoms. The number of hydrogen-bond donors (Lipinski definition) is 0. The van der Waals surface area contributed by atoms with Crippen LogP contribution in [0.3, 0.4) is 0 Å². The summed E-state index contributed by atoms with van der Waals surface area (Å²) in [5, 5.41) is 0. The molecule has 0 radical (unpaired) electrons. The van der Waals surface area contributed by atoms with Crippen LogP contribution in [0.5, 0.6) is 0 Å². The van der Waals surface area contributed by atoms with Gasteiger partial charge in [0.2, 0.25) is 0 Å². The molecule has 0 bridgehead atoms. The van der Waals surface area contributed by atoms with E-state index >= 15 is 0 Å².